The fourth-order valence-corrected chi connectivity index (χ4v) is 4.03. The highest BCUT2D eigenvalue weighted by atomic mass is 19.2. The Balaban J connectivity index is 1.87. The van der Waals surface area contributed by atoms with E-state index in [1.807, 2.05) is 19.1 Å². The van der Waals surface area contributed by atoms with Crippen LogP contribution in [0.3, 0.4) is 0 Å². The van der Waals surface area contributed by atoms with Crippen LogP contribution in [0.25, 0.3) is 0 Å². The SMILES string of the molecule is CCc1ccccc1C(=O)NCC1(c2cccc(F)c2F)CCN(C(=N)N)CC1. The molecule has 0 saturated carbocycles. The van der Waals surface area contributed by atoms with Crippen LogP contribution in [0.1, 0.15) is 41.3 Å². The standard InChI is InChI=1S/C22H26F2N4O/c1-2-15-6-3-4-7-16(15)20(29)27-14-22(10-12-28(13-11-22)21(25)26)17-8-5-9-18(23)19(17)24/h3-9H,2,10-14H2,1H3,(H3,25,26)(H,27,29). The van der Waals surface area contributed by atoms with Crippen LogP contribution in [-0.2, 0) is 11.8 Å². The van der Waals surface area contributed by atoms with Gasteiger partial charge in [-0.2, -0.15) is 0 Å². The van der Waals surface area contributed by atoms with E-state index in [1.165, 1.54) is 6.07 Å². The normalized spacial score (nSPS) is 15.8. The van der Waals surface area contributed by atoms with Gasteiger partial charge in [0.05, 0.1) is 0 Å². The van der Waals surface area contributed by atoms with Crippen LogP contribution in [0.15, 0.2) is 42.5 Å². The first kappa shape index (κ1) is 20.8. The summed E-state index contributed by atoms with van der Waals surface area (Å²) in [6.07, 6.45) is 1.62. The molecule has 1 amide bonds. The van der Waals surface area contributed by atoms with E-state index in [4.69, 9.17) is 11.1 Å². The number of hydrogen-bond donors (Lipinski definition) is 3. The van der Waals surface area contributed by atoms with Crippen molar-refractivity contribution in [2.45, 2.75) is 31.6 Å². The fraction of sp³-hybridized carbons (Fsp3) is 0.364. The predicted octanol–water partition coefficient (Wildman–Crippen LogP) is 3.18. The minimum absolute atomic E-state index is 0.0424. The number of likely N-dealkylation sites (tertiary alicyclic amines) is 1. The van der Waals surface area contributed by atoms with Gasteiger partial charge in [0.1, 0.15) is 0 Å². The van der Waals surface area contributed by atoms with Crippen LogP contribution in [0, 0.1) is 17.0 Å². The molecule has 1 aliphatic rings. The summed E-state index contributed by atoms with van der Waals surface area (Å²) in [5, 5.41) is 10.6. The summed E-state index contributed by atoms with van der Waals surface area (Å²) in [6, 6.07) is 11.5. The molecule has 0 radical (unpaired) electrons. The lowest BCUT2D eigenvalue weighted by atomic mass is 9.72. The Labute approximate surface area is 169 Å². The van der Waals surface area contributed by atoms with Crippen LogP contribution >= 0.6 is 0 Å². The molecule has 2 aromatic carbocycles. The first-order valence-corrected chi connectivity index (χ1v) is 9.77. The number of nitrogens with two attached hydrogens (primary N) is 1. The lowest BCUT2D eigenvalue weighted by molar-refractivity contribution is 0.0930. The number of rotatable bonds is 5. The Morgan fingerprint density at radius 1 is 1.17 bits per heavy atom. The van der Waals surface area contributed by atoms with Crippen molar-refractivity contribution in [1.82, 2.24) is 10.2 Å². The summed E-state index contributed by atoms with van der Waals surface area (Å²) in [7, 11) is 0. The van der Waals surface area contributed by atoms with E-state index in [0.29, 0.717) is 31.5 Å². The van der Waals surface area contributed by atoms with Crippen molar-refractivity contribution in [3.05, 3.63) is 70.8 Å². The first-order chi connectivity index (χ1) is 13.9. The number of guanidine groups is 1. The first-order valence-electron chi connectivity index (χ1n) is 9.77. The Kier molecular flexibility index (Phi) is 6.15. The number of aryl methyl sites for hydroxylation is 1. The quantitative estimate of drug-likeness (QED) is 0.533. The Morgan fingerprint density at radius 3 is 2.52 bits per heavy atom. The zero-order valence-electron chi connectivity index (χ0n) is 16.5. The number of benzene rings is 2. The number of halogens is 2. The van der Waals surface area contributed by atoms with Gasteiger partial charge in [0, 0.05) is 30.6 Å². The van der Waals surface area contributed by atoms with Gasteiger partial charge in [0.15, 0.2) is 17.6 Å². The van der Waals surface area contributed by atoms with Gasteiger partial charge in [0.25, 0.3) is 5.91 Å². The number of nitrogens with one attached hydrogen (secondary N) is 2. The topological polar surface area (TPSA) is 82.2 Å². The zero-order valence-corrected chi connectivity index (χ0v) is 16.5. The van der Waals surface area contributed by atoms with Crippen molar-refractivity contribution in [1.29, 1.82) is 5.41 Å². The third-order valence-corrected chi connectivity index (χ3v) is 5.81. The molecule has 0 aliphatic carbocycles. The predicted molar refractivity (Wildman–Crippen MR) is 109 cm³/mol. The molecule has 0 atom stereocenters. The second-order valence-electron chi connectivity index (χ2n) is 7.45. The minimum Gasteiger partial charge on any atom is -0.370 e. The van der Waals surface area contributed by atoms with E-state index < -0.39 is 17.0 Å². The molecule has 0 unspecified atom stereocenters. The molecule has 1 saturated heterocycles. The summed E-state index contributed by atoms with van der Waals surface area (Å²) < 4.78 is 28.6. The smallest absolute Gasteiger partial charge is 0.251 e. The maximum absolute atomic E-state index is 14.7. The summed E-state index contributed by atoms with van der Waals surface area (Å²) in [6.45, 7) is 3.03. The van der Waals surface area contributed by atoms with E-state index in [9.17, 15) is 13.6 Å². The second kappa shape index (κ2) is 8.59. The third-order valence-electron chi connectivity index (χ3n) is 5.81. The zero-order chi connectivity index (χ0) is 21.0. The van der Waals surface area contributed by atoms with Crippen molar-refractivity contribution in [2.75, 3.05) is 19.6 Å². The average Bonchev–Trinajstić information content (AvgIpc) is 2.74. The summed E-state index contributed by atoms with van der Waals surface area (Å²) in [5.74, 6) is -2.06. The Bertz CT molecular complexity index is 907. The molecule has 154 valence electrons. The van der Waals surface area contributed by atoms with Crippen LogP contribution in [0.4, 0.5) is 8.78 Å². The van der Waals surface area contributed by atoms with Gasteiger partial charge in [-0.3, -0.25) is 10.2 Å². The van der Waals surface area contributed by atoms with Crippen LogP contribution in [-0.4, -0.2) is 36.4 Å². The Hall–Kier alpha value is -2.96. The summed E-state index contributed by atoms with van der Waals surface area (Å²) in [4.78, 5) is 14.5. The maximum atomic E-state index is 14.7. The van der Waals surface area contributed by atoms with Gasteiger partial charge < -0.3 is 16.0 Å². The van der Waals surface area contributed by atoms with Crippen molar-refractivity contribution >= 4 is 11.9 Å². The number of carbonyl (C=O) groups excluding carboxylic acids is 1. The molecule has 29 heavy (non-hydrogen) atoms. The minimum atomic E-state index is -0.904. The van der Waals surface area contributed by atoms with Crippen molar-refractivity contribution < 1.29 is 13.6 Å². The highest BCUT2D eigenvalue weighted by molar-refractivity contribution is 5.95. The lowest BCUT2D eigenvalue weighted by Gasteiger charge is -2.42. The van der Waals surface area contributed by atoms with Gasteiger partial charge >= 0.3 is 0 Å². The lowest BCUT2D eigenvalue weighted by Crippen LogP contribution is -2.52. The second-order valence-corrected chi connectivity index (χ2v) is 7.45. The molecule has 0 spiro atoms. The monoisotopic (exact) mass is 400 g/mol. The van der Waals surface area contributed by atoms with E-state index in [0.717, 1.165) is 18.1 Å². The molecule has 1 heterocycles. The largest absolute Gasteiger partial charge is 0.370 e. The molecule has 1 aliphatic heterocycles. The molecule has 1 fully saturated rings. The van der Waals surface area contributed by atoms with Crippen LogP contribution in [0.5, 0.6) is 0 Å². The number of nitrogens with zero attached hydrogens (tertiary/aromatic N) is 1. The molecule has 0 aromatic heterocycles. The fourth-order valence-electron chi connectivity index (χ4n) is 4.03. The van der Waals surface area contributed by atoms with Crippen molar-refractivity contribution in [3.8, 4) is 0 Å². The number of carbonyl (C=O) groups is 1. The van der Waals surface area contributed by atoms with Gasteiger partial charge in [-0.1, -0.05) is 37.3 Å². The van der Waals surface area contributed by atoms with E-state index in [-0.39, 0.29) is 24.0 Å². The molecular weight excluding hydrogens is 374 g/mol. The molecular formula is C22H26F2N4O. The van der Waals surface area contributed by atoms with Gasteiger partial charge in [-0.05, 0) is 42.5 Å². The third kappa shape index (κ3) is 4.23. The van der Waals surface area contributed by atoms with Gasteiger partial charge in [-0.25, -0.2) is 8.78 Å². The highest BCUT2D eigenvalue weighted by Gasteiger charge is 2.39. The molecule has 5 nitrogen and oxygen atoms in total. The van der Waals surface area contributed by atoms with Crippen molar-refractivity contribution in [2.24, 2.45) is 5.73 Å². The van der Waals surface area contributed by atoms with Crippen LogP contribution < -0.4 is 11.1 Å². The molecule has 4 N–H and O–H groups in total. The van der Waals surface area contributed by atoms with Crippen LogP contribution in [0.2, 0.25) is 0 Å². The molecule has 2 aromatic rings. The van der Waals surface area contributed by atoms with Gasteiger partial charge in [0.2, 0.25) is 0 Å². The van der Waals surface area contributed by atoms with E-state index >= 15 is 0 Å². The number of piperidine rings is 1. The molecule has 0 bridgehead atoms. The summed E-state index contributed by atoms with van der Waals surface area (Å²) >= 11 is 0. The highest BCUT2D eigenvalue weighted by Crippen LogP contribution is 2.37. The maximum Gasteiger partial charge on any atom is 0.251 e. The van der Waals surface area contributed by atoms with E-state index in [2.05, 4.69) is 5.32 Å². The van der Waals surface area contributed by atoms with E-state index in [1.54, 1.807) is 23.1 Å². The number of hydrogen-bond acceptors (Lipinski definition) is 2. The molecule has 7 heteroatoms. The van der Waals surface area contributed by atoms with Gasteiger partial charge in [-0.15, -0.1) is 0 Å². The average molecular weight is 400 g/mol. The summed E-state index contributed by atoms with van der Waals surface area (Å²) in [5.41, 5.74) is 6.59. The molecule has 3 rings (SSSR count). The van der Waals surface area contributed by atoms with Crippen molar-refractivity contribution in [3.63, 3.8) is 0 Å². The Morgan fingerprint density at radius 2 is 1.86 bits per heavy atom. The number of amides is 1.